The average molecular weight is 252 g/mol. The van der Waals surface area contributed by atoms with E-state index in [4.69, 9.17) is 14.2 Å². The van der Waals surface area contributed by atoms with Crippen LogP contribution in [0.5, 0.6) is 0 Å². The summed E-state index contributed by atoms with van der Waals surface area (Å²) in [7, 11) is 0. The molecule has 5 heteroatoms. The lowest BCUT2D eigenvalue weighted by Gasteiger charge is -2.15. The third-order valence-electron chi connectivity index (χ3n) is 2.84. The average Bonchev–Trinajstić information content (AvgIpc) is 2.90. The molecule has 0 bridgehead atoms. The summed E-state index contributed by atoms with van der Waals surface area (Å²) >= 11 is 0. The summed E-state index contributed by atoms with van der Waals surface area (Å²) in [4.78, 5) is 11.5. The van der Waals surface area contributed by atoms with E-state index in [0.717, 1.165) is 0 Å². The largest absolute Gasteiger partial charge is 0.454 e. The number of aliphatic hydroxyl groups is 1. The topological polar surface area (TPSA) is 65.0 Å². The molecule has 18 heavy (non-hydrogen) atoms. The maximum atomic E-state index is 11.5. The van der Waals surface area contributed by atoms with E-state index < -0.39 is 18.2 Å². The molecule has 2 saturated heterocycles. The van der Waals surface area contributed by atoms with E-state index in [1.807, 2.05) is 0 Å². The SMILES string of the molecule is C=CC=CC=CC(=O)OC1COC2C(O)COC12. The van der Waals surface area contributed by atoms with E-state index in [2.05, 4.69) is 6.58 Å². The molecule has 2 fully saturated rings. The molecule has 4 atom stereocenters. The summed E-state index contributed by atoms with van der Waals surface area (Å²) in [5.74, 6) is -0.456. The van der Waals surface area contributed by atoms with Crippen LogP contribution in [0.3, 0.4) is 0 Å². The number of aliphatic hydroxyl groups excluding tert-OH is 1. The van der Waals surface area contributed by atoms with Crippen molar-refractivity contribution in [2.45, 2.75) is 24.4 Å². The Morgan fingerprint density at radius 3 is 2.78 bits per heavy atom. The third-order valence-corrected chi connectivity index (χ3v) is 2.84. The Morgan fingerprint density at radius 1 is 1.22 bits per heavy atom. The van der Waals surface area contributed by atoms with E-state index >= 15 is 0 Å². The van der Waals surface area contributed by atoms with Crippen molar-refractivity contribution in [3.05, 3.63) is 37.0 Å². The van der Waals surface area contributed by atoms with E-state index in [0.29, 0.717) is 0 Å². The van der Waals surface area contributed by atoms with E-state index in [1.165, 1.54) is 6.08 Å². The number of carbonyl (C=O) groups excluding carboxylic acids is 1. The Bertz CT molecular complexity index is 374. The maximum Gasteiger partial charge on any atom is 0.331 e. The molecule has 0 saturated carbocycles. The lowest BCUT2D eigenvalue weighted by atomic mass is 10.1. The normalized spacial score (nSPS) is 35.2. The maximum absolute atomic E-state index is 11.5. The number of carbonyl (C=O) groups is 1. The van der Waals surface area contributed by atoms with Gasteiger partial charge in [0.25, 0.3) is 0 Å². The summed E-state index contributed by atoms with van der Waals surface area (Å²) in [6.45, 7) is 3.99. The van der Waals surface area contributed by atoms with Crippen LogP contribution in [0.2, 0.25) is 0 Å². The van der Waals surface area contributed by atoms with Crippen molar-refractivity contribution in [1.82, 2.24) is 0 Å². The van der Waals surface area contributed by atoms with Crippen LogP contribution < -0.4 is 0 Å². The van der Waals surface area contributed by atoms with Gasteiger partial charge >= 0.3 is 5.97 Å². The van der Waals surface area contributed by atoms with Gasteiger partial charge in [0.2, 0.25) is 0 Å². The van der Waals surface area contributed by atoms with Gasteiger partial charge in [0.1, 0.15) is 18.3 Å². The Kier molecular flexibility index (Phi) is 4.30. The van der Waals surface area contributed by atoms with Crippen molar-refractivity contribution < 1.29 is 24.1 Å². The second-order valence-electron chi connectivity index (χ2n) is 4.12. The zero-order chi connectivity index (χ0) is 13.0. The first kappa shape index (κ1) is 13.0. The van der Waals surface area contributed by atoms with Gasteiger partial charge in [0, 0.05) is 6.08 Å². The lowest BCUT2D eigenvalue weighted by Crippen LogP contribution is -2.33. The lowest BCUT2D eigenvalue weighted by molar-refractivity contribution is -0.147. The minimum Gasteiger partial charge on any atom is -0.454 e. The summed E-state index contributed by atoms with van der Waals surface area (Å²) in [5.41, 5.74) is 0. The minimum atomic E-state index is -0.634. The Hall–Kier alpha value is -1.43. The van der Waals surface area contributed by atoms with Crippen LogP contribution in [0.15, 0.2) is 37.0 Å². The van der Waals surface area contributed by atoms with Crippen LogP contribution in [-0.2, 0) is 19.0 Å². The van der Waals surface area contributed by atoms with Gasteiger partial charge in [-0.1, -0.05) is 30.9 Å². The molecule has 5 nitrogen and oxygen atoms in total. The van der Waals surface area contributed by atoms with Crippen molar-refractivity contribution in [3.63, 3.8) is 0 Å². The summed E-state index contributed by atoms with van der Waals surface area (Å²) < 4.78 is 15.9. The molecule has 2 aliphatic heterocycles. The van der Waals surface area contributed by atoms with Gasteiger partial charge in [-0.3, -0.25) is 0 Å². The Morgan fingerprint density at radius 2 is 2.00 bits per heavy atom. The minimum absolute atomic E-state index is 0.224. The van der Waals surface area contributed by atoms with Gasteiger partial charge in [-0.15, -0.1) is 0 Å². The first-order chi connectivity index (χ1) is 8.72. The van der Waals surface area contributed by atoms with E-state index in [-0.39, 0.29) is 25.4 Å². The van der Waals surface area contributed by atoms with Gasteiger partial charge in [-0.05, 0) is 0 Å². The summed E-state index contributed by atoms with van der Waals surface area (Å²) in [6, 6.07) is 0. The smallest absolute Gasteiger partial charge is 0.331 e. The molecule has 98 valence electrons. The number of hydrogen-bond donors (Lipinski definition) is 1. The summed E-state index contributed by atoms with van der Waals surface area (Å²) in [6.07, 6.45) is 6.05. The Labute approximate surface area is 105 Å². The fraction of sp³-hybridized carbons (Fsp3) is 0.462. The molecular formula is C13H16O5. The highest BCUT2D eigenvalue weighted by molar-refractivity contribution is 5.82. The number of allylic oxidation sites excluding steroid dienone is 4. The third kappa shape index (κ3) is 2.87. The highest BCUT2D eigenvalue weighted by Gasteiger charge is 2.48. The van der Waals surface area contributed by atoms with Gasteiger partial charge in [0.05, 0.1) is 13.2 Å². The van der Waals surface area contributed by atoms with Gasteiger partial charge < -0.3 is 19.3 Å². The zero-order valence-electron chi connectivity index (χ0n) is 9.90. The monoisotopic (exact) mass is 252 g/mol. The van der Waals surface area contributed by atoms with Gasteiger partial charge in [0.15, 0.2) is 6.10 Å². The number of rotatable bonds is 4. The molecule has 0 aromatic rings. The van der Waals surface area contributed by atoms with Gasteiger partial charge in [-0.25, -0.2) is 4.79 Å². The molecular weight excluding hydrogens is 236 g/mol. The molecule has 2 heterocycles. The van der Waals surface area contributed by atoms with Gasteiger partial charge in [-0.2, -0.15) is 0 Å². The number of hydrogen-bond acceptors (Lipinski definition) is 5. The standard InChI is InChI=1S/C13H16O5/c1-2-3-4-5-6-11(15)18-10-8-17-12-9(14)7-16-13(10)12/h2-6,9-10,12-14H,1,7-8H2. The zero-order valence-corrected chi connectivity index (χ0v) is 9.90. The molecule has 1 N–H and O–H groups in total. The molecule has 0 radical (unpaired) electrons. The van der Waals surface area contributed by atoms with Crippen LogP contribution in [0, 0.1) is 0 Å². The fourth-order valence-electron chi connectivity index (χ4n) is 2.01. The van der Waals surface area contributed by atoms with Crippen molar-refractivity contribution in [2.24, 2.45) is 0 Å². The molecule has 0 aromatic carbocycles. The molecule has 2 aliphatic rings. The van der Waals surface area contributed by atoms with Crippen molar-refractivity contribution in [2.75, 3.05) is 13.2 Å². The van der Waals surface area contributed by atoms with Crippen molar-refractivity contribution >= 4 is 5.97 Å². The molecule has 4 unspecified atom stereocenters. The van der Waals surface area contributed by atoms with Crippen LogP contribution in [0.1, 0.15) is 0 Å². The van der Waals surface area contributed by atoms with Crippen LogP contribution in [-0.4, -0.2) is 48.7 Å². The molecule has 2 rings (SSSR count). The molecule has 0 aromatic heterocycles. The first-order valence-electron chi connectivity index (χ1n) is 5.80. The molecule has 0 spiro atoms. The number of ether oxygens (including phenoxy) is 3. The Balaban J connectivity index is 1.83. The quantitative estimate of drug-likeness (QED) is 0.444. The van der Waals surface area contributed by atoms with Crippen LogP contribution >= 0.6 is 0 Å². The van der Waals surface area contributed by atoms with E-state index in [1.54, 1.807) is 24.3 Å². The number of fused-ring (bicyclic) bond motifs is 1. The van der Waals surface area contributed by atoms with Crippen molar-refractivity contribution in [1.29, 1.82) is 0 Å². The number of esters is 1. The molecule has 0 amide bonds. The first-order valence-corrected chi connectivity index (χ1v) is 5.80. The highest BCUT2D eigenvalue weighted by Crippen LogP contribution is 2.28. The predicted molar refractivity (Wildman–Crippen MR) is 63.8 cm³/mol. The summed E-state index contributed by atoms with van der Waals surface area (Å²) in [5, 5.41) is 9.53. The van der Waals surface area contributed by atoms with Crippen molar-refractivity contribution in [3.8, 4) is 0 Å². The fourth-order valence-corrected chi connectivity index (χ4v) is 2.01. The second-order valence-corrected chi connectivity index (χ2v) is 4.12. The molecule has 0 aliphatic carbocycles. The second kappa shape index (κ2) is 5.95. The highest BCUT2D eigenvalue weighted by atomic mass is 16.6. The van der Waals surface area contributed by atoms with Crippen LogP contribution in [0.25, 0.3) is 0 Å². The van der Waals surface area contributed by atoms with E-state index in [9.17, 15) is 9.90 Å². The van der Waals surface area contributed by atoms with Crippen LogP contribution in [0.4, 0.5) is 0 Å². The predicted octanol–water partition coefficient (Wildman–Crippen LogP) is 0.355.